The molecule has 2 fully saturated rings. The second kappa shape index (κ2) is 8.73. The summed E-state index contributed by atoms with van der Waals surface area (Å²) < 4.78 is 10.9. The van der Waals surface area contributed by atoms with E-state index in [4.69, 9.17) is 14.1 Å². The van der Waals surface area contributed by atoms with Crippen LogP contribution in [0.3, 0.4) is 0 Å². The first-order valence-corrected chi connectivity index (χ1v) is 9.91. The Hall–Kier alpha value is -1.79. The molecule has 3 aliphatic heterocycles. The highest BCUT2D eigenvalue weighted by Crippen LogP contribution is 2.19. The zero-order chi connectivity index (χ0) is 17.6. The summed E-state index contributed by atoms with van der Waals surface area (Å²) in [7, 11) is 0. The molecule has 0 saturated carbocycles. The summed E-state index contributed by atoms with van der Waals surface area (Å²) in [6, 6.07) is 4.61. The average molecular weight is 358 g/mol. The van der Waals surface area contributed by atoms with E-state index in [1.807, 2.05) is 12.1 Å². The lowest BCUT2D eigenvalue weighted by molar-refractivity contribution is 0.187. The van der Waals surface area contributed by atoms with Gasteiger partial charge in [-0.2, -0.15) is 0 Å². The zero-order valence-corrected chi connectivity index (χ0v) is 15.5. The predicted molar refractivity (Wildman–Crippen MR) is 102 cm³/mol. The molecule has 0 spiro atoms. The van der Waals surface area contributed by atoms with Crippen LogP contribution in [0, 0.1) is 5.92 Å². The first kappa shape index (κ1) is 17.6. The van der Waals surface area contributed by atoms with Crippen molar-refractivity contribution in [1.29, 1.82) is 0 Å². The average Bonchev–Trinajstić information content (AvgIpc) is 3.45. The number of likely N-dealkylation sites (tertiary alicyclic amines) is 1. The molecule has 4 heterocycles. The molecular formula is C20H30N4O2. The van der Waals surface area contributed by atoms with Crippen molar-refractivity contribution in [2.45, 2.75) is 25.3 Å². The van der Waals surface area contributed by atoms with E-state index >= 15 is 0 Å². The Kier molecular flexibility index (Phi) is 5.92. The van der Waals surface area contributed by atoms with Crippen LogP contribution in [0.2, 0.25) is 0 Å². The highest BCUT2D eigenvalue weighted by Gasteiger charge is 2.29. The summed E-state index contributed by atoms with van der Waals surface area (Å²) in [5, 5.41) is 3.58. The van der Waals surface area contributed by atoms with E-state index in [1.54, 1.807) is 6.26 Å². The van der Waals surface area contributed by atoms with Crippen LogP contribution in [0.15, 0.2) is 40.0 Å². The van der Waals surface area contributed by atoms with Crippen LogP contribution in [-0.2, 0) is 11.2 Å². The van der Waals surface area contributed by atoms with Gasteiger partial charge in [0.05, 0.1) is 12.9 Å². The largest absolute Gasteiger partial charge is 0.469 e. The van der Waals surface area contributed by atoms with Crippen molar-refractivity contribution in [2.75, 3.05) is 52.5 Å². The van der Waals surface area contributed by atoms with E-state index in [2.05, 4.69) is 27.3 Å². The molecule has 0 aliphatic carbocycles. The van der Waals surface area contributed by atoms with Gasteiger partial charge in [0.1, 0.15) is 5.76 Å². The molecule has 6 heteroatoms. The maximum absolute atomic E-state index is 5.50. The molecule has 0 radical (unpaired) electrons. The minimum Gasteiger partial charge on any atom is -0.469 e. The Morgan fingerprint density at radius 2 is 2.19 bits per heavy atom. The fourth-order valence-electron chi connectivity index (χ4n) is 3.99. The summed E-state index contributed by atoms with van der Waals surface area (Å²) >= 11 is 0. The number of guanidine groups is 1. The fourth-order valence-corrected chi connectivity index (χ4v) is 3.99. The van der Waals surface area contributed by atoms with Gasteiger partial charge in [0.15, 0.2) is 5.96 Å². The van der Waals surface area contributed by atoms with Crippen LogP contribution in [-0.4, -0.2) is 74.3 Å². The molecule has 2 saturated heterocycles. The maximum Gasteiger partial charge on any atom is 0.194 e. The lowest BCUT2D eigenvalue weighted by Crippen LogP contribution is -2.43. The van der Waals surface area contributed by atoms with Crippen LogP contribution in [0.4, 0.5) is 0 Å². The standard InChI is InChI=1S/C20H30N4O2/c1-2-10-23(9-1)18-6-11-24(15-18)20(22-14-17-7-13-25-16-17)21-8-5-19-4-3-12-26-19/h1-4,12,17-18H,5-11,13-16H2,(H,21,22). The second-order valence-electron chi connectivity index (χ2n) is 7.46. The monoisotopic (exact) mass is 358 g/mol. The zero-order valence-electron chi connectivity index (χ0n) is 15.5. The lowest BCUT2D eigenvalue weighted by atomic mass is 10.1. The molecule has 6 nitrogen and oxygen atoms in total. The van der Waals surface area contributed by atoms with E-state index < -0.39 is 0 Å². The van der Waals surface area contributed by atoms with Gasteiger partial charge in [-0.3, -0.25) is 9.89 Å². The third kappa shape index (κ3) is 4.48. The normalized spacial score (nSPS) is 26.9. The van der Waals surface area contributed by atoms with Gasteiger partial charge in [-0.25, -0.2) is 0 Å². The second-order valence-corrected chi connectivity index (χ2v) is 7.46. The summed E-state index contributed by atoms with van der Waals surface area (Å²) in [6.07, 6.45) is 9.52. The van der Waals surface area contributed by atoms with Gasteiger partial charge in [-0.1, -0.05) is 12.2 Å². The van der Waals surface area contributed by atoms with Crippen LogP contribution in [0.5, 0.6) is 0 Å². The molecule has 0 aromatic carbocycles. The van der Waals surface area contributed by atoms with E-state index in [9.17, 15) is 0 Å². The summed E-state index contributed by atoms with van der Waals surface area (Å²) in [5.74, 6) is 2.64. The van der Waals surface area contributed by atoms with E-state index in [1.165, 1.54) is 6.42 Å². The molecule has 2 atom stereocenters. The van der Waals surface area contributed by atoms with Gasteiger partial charge >= 0.3 is 0 Å². The van der Waals surface area contributed by atoms with Gasteiger partial charge < -0.3 is 19.4 Å². The van der Waals surface area contributed by atoms with Gasteiger partial charge in [0, 0.05) is 64.3 Å². The van der Waals surface area contributed by atoms with Gasteiger partial charge in [0.2, 0.25) is 0 Å². The van der Waals surface area contributed by atoms with Crippen LogP contribution < -0.4 is 5.32 Å². The van der Waals surface area contributed by atoms with E-state index in [-0.39, 0.29) is 0 Å². The number of aliphatic imine (C=N–C) groups is 1. The van der Waals surface area contributed by atoms with Crippen molar-refractivity contribution in [2.24, 2.45) is 10.9 Å². The molecule has 2 unspecified atom stereocenters. The number of nitrogens with zero attached hydrogens (tertiary/aromatic N) is 3. The quantitative estimate of drug-likeness (QED) is 0.477. The SMILES string of the molecule is C1=CCN(C2CCN(C(=NCC3CCOC3)NCCc3ccco3)C2)C1. The van der Waals surface area contributed by atoms with Gasteiger partial charge in [0.25, 0.3) is 0 Å². The van der Waals surface area contributed by atoms with Crippen molar-refractivity contribution >= 4 is 5.96 Å². The Morgan fingerprint density at radius 3 is 2.96 bits per heavy atom. The summed E-state index contributed by atoms with van der Waals surface area (Å²) in [6.45, 7) is 7.77. The predicted octanol–water partition coefficient (Wildman–Crippen LogP) is 1.75. The number of nitrogens with one attached hydrogen (secondary N) is 1. The van der Waals surface area contributed by atoms with Crippen molar-refractivity contribution < 1.29 is 9.15 Å². The summed E-state index contributed by atoms with van der Waals surface area (Å²) in [4.78, 5) is 9.95. The minimum absolute atomic E-state index is 0.568. The van der Waals surface area contributed by atoms with Gasteiger partial charge in [-0.05, 0) is 25.0 Å². The number of hydrogen-bond donors (Lipinski definition) is 1. The van der Waals surface area contributed by atoms with E-state index in [0.29, 0.717) is 12.0 Å². The smallest absolute Gasteiger partial charge is 0.194 e. The minimum atomic E-state index is 0.568. The maximum atomic E-state index is 5.50. The number of hydrogen-bond acceptors (Lipinski definition) is 4. The third-order valence-electron chi connectivity index (χ3n) is 5.58. The fraction of sp³-hybridized carbons (Fsp3) is 0.650. The molecule has 3 aliphatic rings. The van der Waals surface area contributed by atoms with E-state index in [0.717, 1.165) is 77.0 Å². The number of rotatable bonds is 6. The van der Waals surface area contributed by atoms with Crippen molar-refractivity contribution in [3.8, 4) is 0 Å². The summed E-state index contributed by atoms with van der Waals surface area (Å²) in [5.41, 5.74) is 0. The third-order valence-corrected chi connectivity index (χ3v) is 5.58. The molecule has 142 valence electrons. The van der Waals surface area contributed by atoms with Crippen molar-refractivity contribution in [3.05, 3.63) is 36.3 Å². The van der Waals surface area contributed by atoms with Gasteiger partial charge in [-0.15, -0.1) is 0 Å². The molecule has 1 aromatic rings. The number of furan rings is 1. The highest BCUT2D eigenvalue weighted by molar-refractivity contribution is 5.80. The first-order valence-electron chi connectivity index (χ1n) is 9.91. The topological polar surface area (TPSA) is 53.2 Å². The highest BCUT2D eigenvalue weighted by atomic mass is 16.5. The lowest BCUT2D eigenvalue weighted by Gasteiger charge is -2.26. The van der Waals surface area contributed by atoms with Crippen LogP contribution in [0.1, 0.15) is 18.6 Å². The molecular weight excluding hydrogens is 328 g/mol. The molecule has 4 rings (SSSR count). The molecule has 26 heavy (non-hydrogen) atoms. The number of ether oxygens (including phenoxy) is 1. The molecule has 0 amide bonds. The molecule has 1 aromatic heterocycles. The Bertz CT molecular complexity index is 599. The first-order chi connectivity index (χ1) is 12.9. The van der Waals surface area contributed by atoms with Crippen molar-refractivity contribution in [1.82, 2.24) is 15.1 Å². The molecule has 0 bridgehead atoms. The van der Waals surface area contributed by atoms with Crippen LogP contribution in [0.25, 0.3) is 0 Å². The van der Waals surface area contributed by atoms with Crippen molar-refractivity contribution in [3.63, 3.8) is 0 Å². The Balaban J connectivity index is 1.34. The Morgan fingerprint density at radius 1 is 1.27 bits per heavy atom. The Labute approximate surface area is 155 Å². The molecule has 1 N–H and O–H groups in total. The van der Waals surface area contributed by atoms with Crippen LogP contribution >= 0.6 is 0 Å².